The predicted octanol–water partition coefficient (Wildman–Crippen LogP) is 2.71. The van der Waals surface area contributed by atoms with E-state index in [1.54, 1.807) is 6.07 Å². The smallest absolute Gasteiger partial charge is 0.128 e. The maximum atomic E-state index is 9.88. The standard InChI is InChI=1S/C14H10N2O2/c17-9-5-6-11(13(18)7-9)14-10-3-1-2-4-12(10)15-8-16-14/h1-8,17-18H. The molecular formula is C14H10N2O2. The Hall–Kier alpha value is -2.62. The minimum atomic E-state index is -0.00106. The van der Waals surface area contributed by atoms with Gasteiger partial charge in [-0.15, -0.1) is 0 Å². The molecule has 0 spiro atoms. The molecule has 0 radical (unpaired) electrons. The lowest BCUT2D eigenvalue weighted by atomic mass is 10.1. The molecule has 0 atom stereocenters. The molecule has 0 aliphatic heterocycles. The molecule has 2 N–H and O–H groups in total. The molecular weight excluding hydrogens is 228 g/mol. The Morgan fingerprint density at radius 2 is 1.72 bits per heavy atom. The van der Waals surface area contributed by atoms with E-state index in [9.17, 15) is 10.2 Å². The summed E-state index contributed by atoms with van der Waals surface area (Å²) >= 11 is 0. The Labute approximate surface area is 103 Å². The van der Waals surface area contributed by atoms with E-state index in [1.165, 1.54) is 18.5 Å². The first-order valence-corrected chi connectivity index (χ1v) is 5.48. The van der Waals surface area contributed by atoms with Gasteiger partial charge in [0.15, 0.2) is 0 Å². The summed E-state index contributed by atoms with van der Waals surface area (Å²) in [5.74, 6) is 0.0217. The molecule has 3 aromatic rings. The molecule has 88 valence electrons. The van der Waals surface area contributed by atoms with Gasteiger partial charge in [-0.05, 0) is 18.2 Å². The summed E-state index contributed by atoms with van der Waals surface area (Å²) in [5.41, 5.74) is 2.04. The van der Waals surface area contributed by atoms with Crippen molar-refractivity contribution in [1.82, 2.24) is 9.97 Å². The van der Waals surface area contributed by atoms with Crippen molar-refractivity contribution in [1.29, 1.82) is 0 Å². The van der Waals surface area contributed by atoms with Gasteiger partial charge in [-0.3, -0.25) is 0 Å². The van der Waals surface area contributed by atoms with Crippen LogP contribution in [0.15, 0.2) is 48.8 Å². The monoisotopic (exact) mass is 238 g/mol. The molecule has 0 unspecified atom stereocenters. The van der Waals surface area contributed by atoms with Gasteiger partial charge < -0.3 is 10.2 Å². The van der Waals surface area contributed by atoms with Crippen molar-refractivity contribution in [2.75, 3.05) is 0 Å². The van der Waals surface area contributed by atoms with Gasteiger partial charge in [0.2, 0.25) is 0 Å². The molecule has 4 heteroatoms. The second kappa shape index (κ2) is 4.00. The second-order valence-corrected chi connectivity index (χ2v) is 3.94. The maximum absolute atomic E-state index is 9.88. The summed E-state index contributed by atoms with van der Waals surface area (Å²) in [4.78, 5) is 8.39. The summed E-state index contributed by atoms with van der Waals surface area (Å²) in [6.07, 6.45) is 1.46. The van der Waals surface area contributed by atoms with Gasteiger partial charge in [-0.1, -0.05) is 18.2 Å². The van der Waals surface area contributed by atoms with Crippen LogP contribution in [0.2, 0.25) is 0 Å². The Morgan fingerprint density at radius 3 is 2.56 bits per heavy atom. The number of hydrogen-bond donors (Lipinski definition) is 2. The van der Waals surface area contributed by atoms with Crippen LogP contribution in [0.1, 0.15) is 0 Å². The van der Waals surface area contributed by atoms with Crippen molar-refractivity contribution < 1.29 is 10.2 Å². The third kappa shape index (κ3) is 1.64. The van der Waals surface area contributed by atoms with Crippen molar-refractivity contribution >= 4 is 10.9 Å². The van der Waals surface area contributed by atoms with Gasteiger partial charge >= 0.3 is 0 Å². The van der Waals surface area contributed by atoms with Gasteiger partial charge in [0, 0.05) is 17.0 Å². The van der Waals surface area contributed by atoms with E-state index >= 15 is 0 Å². The fraction of sp³-hybridized carbons (Fsp3) is 0. The number of phenolic OH excluding ortho intramolecular Hbond substituents is 2. The number of rotatable bonds is 1. The molecule has 3 rings (SSSR count). The van der Waals surface area contributed by atoms with Gasteiger partial charge in [0.25, 0.3) is 0 Å². The maximum Gasteiger partial charge on any atom is 0.128 e. The number of para-hydroxylation sites is 1. The average molecular weight is 238 g/mol. The van der Waals surface area contributed by atoms with Crippen LogP contribution in [0.25, 0.3) is 22.2 Å². The number of phenols is 2. The van der Waals surface area contributed by atoms with E-state index in [0.717, 1.165) is 10.9 Å². The predicted molar refractivity (Wildman–Crippen MR) is 68.3 cm³/mol. The SMILES string of the molecule is Oc1ccc(-c2ncnc3ccccc23)c(O)c1. The van der Waals surface area contributed by atoms with Crippen molar-refractivity contribution in [2.24, 2.45) is 0 Å². The van der Waals surface area contributed by atoms with Gasteiger partial charge in [-0.25, -0.2) is 9.97 Å². The van der Waals surface area contributed by atoms with Crippen LogP contribution in [0.5, 0.6) is 11.5 Å². The van der Waals surface area contributed by atoms with Crippen LogP contribution in [0.3, 0.4) is 0 Å². The lowest BCUT2D eigenvalue weighted by Gasteiger charge is -2.07. The van der Waals surface area contributed by atoms with Crippen LogP contribution in [0, 0.1) is 0 Å². The van der Waals surface area contributed by atoms with Gasteiger partial charge in [0.05, 0.1) is 11.2 Å². The second-order valence-electron chi connectivity index (χ2n) is 3.94. The zero-order chi connectivity index (χ0) is 12.5. The molecule has 18 heavy (non-hydrogen) atoms. The minimum Gasteiger partial charge on any atom is -0.508 e. The van der Waals surface area contributed by atoms with Crippen molar-refractivity contribution in [2.45, 2.75) is 0 Å². The zero-order valence-corrected chi connectivity index (χ0v) is 9.41. The van der Waals surface area contributed by atoms with E-state index in [-0.39, 0.29) is 11.5 Å². The van der Waals surface area contributed by atoms with Crippen LogP contribution in [0.4, 0.5) is 0 Å². The number of benzene rings is 2. The van der Waals surface area contributed by atoms with Gasteiger partial charge in [0.1, 0.15) is 17.8 Å². The lowest BCUT2D eigenvalue weighted by Crippen LogP contribution is -1.89. The summed E-state index contributed by atoms with van der Waals surface area (Å²) in [6.45, 7) is 0. The Bertz CT molecular complexity index is 721. The highest BCUT2D eigenvalue weighted by Gasteiger charge is 2.10. The number of aromatic nitrogens is 2. The van der Waals surface area contributed by atoms with Crippen molar-refractivity contribution in [3.05, 3.63) is 48.8 Å². The molecule has 2 aromatic carbocycles. The largest absolute Gasteiger partial charge is 0.508 e. The molecule has 0 bridgehead atoms. The molecule has 0 fully saturated rings. The summed E-state index contributed by atoms with van der Waals surface area (Å²) < 4.78 is 0. The van der Waals surface area contributed by atoms with Crippen LogP contribution >= 0.6 is 0 Å². The fourth-order valence-corrected chi connectivity index (χ4v) is 1.94. The van der Waals surface area contributed by atoms with E-state index < -0.39 is 0 Å². The molecule has 0 aliphatic carbocycles. The fourth-order valence-electron chi connectivity index (χ4n) is 1.94. The number of hydrogen-bond acceptors (Lipinski definition) is 4. The zero-order valence-electron chi connectivity index (χ0n) is 9.41. The van der Waals surface area contributed by atoms with Crippen molar-refractivity contribution in [3.8, 4) is 22.8 Å². The first kappa shape index (κ1) is 10.5. The highest BCUT2D eigenvalue weighted by atomic mass is 16.3. The molecule has 1 heterocycles. The van der Waals surface area contributed by atoms with Crippen LogP contribution in [-0.4, -0.2) is 20.2 Å². The highest BCUT2D eigenvalue weighted by molar-refractivity contribution is 5.93. The molecule has 0 saturated carbocycles. The summed E-state index contributed by atoms with van der Waals surface area (Å²) in [5, 5.41) is 20.1. The molecule has 1 aromatic heterocycles. The minimum absolute atomic E-state index is 0.00106. The third-order valence-electron chi connectivity index (χ3n) is 2.78. The van der Waals surface area contributed by atoms with E-state index in [1.807, 2.05) is 24.3 Å². The normalized spacial score (nSPS) is 10.7. The Kier molecular flexibility index (Phi) is 2.34. The molecule has 0 amide bonds. The van der Waals surface area contributed by atoms with E-state index in [0.29, 0.717) is 11.3 Å². The van der Waals surface area contributed by atoms with Crippen LogP contribution in [-0.2, 0) is 0 Å². The average Bonchev–Trinajstić information content (AvgIpc) is 2.38. The topological polar surface area (TPSA) is 66.2 Å². The van der Waals surface area contributed by atoms with E-state index in [4.69, 9.17) is 0 Å². The quantitative estimate of drug-likeness (QED) is 0.684. The van der Waals surface area contributed by atoms with Gasteiger partial charge in [-0.2, -0.15) is 0 Å². The first-order valence-electron chi connectivity index (χ1n) is 5.48. The van der Waals surface area contributed by atoms with Crippen molar-refractivity contribution in [3.63, 3.8) is 0 Å². The van der Waals surface area contributed by atoms with Crippen LogP contribution < -0.4 is 0 Å². The first-order chi connectivity index (χ1) is 8.75. The lowest BCUT2D eigenvalue weighted by molar-refractivity contribution is 0.452. The number of aromatic hydroxyl groups is 2. The Morgan fingerprint density at radius 1 is 0.889 bits per heavy atom. The van der Waals surface area contributed by atoms with E-state index in [2.05, 4.69) is 9.97 Å². The molecule has 0 saturated heterocycles. The third-order valence-corrected chi connectivity index (χ3v) is 2.78. The summed E-state index contributed by atoms with van der Waals surface area (Å²) in [6, 6.07) is 12.0. The Balaban J connectivity index is 2.31. The highest BCUT2D eigenvalue weighted by Crippen LogP contribution is 2.33. The number of nitrogens with zero attached hydrogens (tertiary/aromatic N) is 2. The summed E-state index contributed by atoms with van der Waals surface area (Å²) in [7, 11) is 0. The molecule has 4 nitrogen and oxygen atoms in total. The number of fused-ring (bicyclic) bond motifs is 1. The molecule has 0 aliphatic rings.